The van der Waals surface area contributed by atoms with E-state index in [4.69, 9.17) is 5.73 Å². The summed E-state index contributed by atoms with van der Waals surface area (Å²) in [5, 5.41) is 10.1. The third-order valence-corrected chi connectivity index (χ3v) is 5.13. The first-order valence-electron chi connectivity index (χ1n) is 7.09. The maximum Gasteiger partial charge on any atom is 0.353 e. The van der Waals surface area contributed by atoms with Crippen molar-refractivity contribution in [2.45, 2.75) is 31.3 Å². The quantitative estimate of drug-likeness (QED) is 0.823. The minimum Gasteiger partial charge on any atom is -0.477 e. The van der Waals surface area contributed by atoms with E-state index < -0.39 is 5.97 Å². The molecule has 1 saturated heterocycles. The molecule has 0 aromatic carbocycles. The molecule has 6 nitrogen and oxygen atoms in total. The average molecular weight is 319 g/mol. The van der Waals surface area contributed by atoms with Gasteiger partial charge in [0.05, 0.1) is 23.8 Å². The van der Waals surface area contributed by atoms with Crippen molar-refractivity contribution in [1.29, 1.82) is 0 Å². The molecule has 0 spiro atoms. The number of thioether (sulfide) groups is 1. The number of carbonyl (C=O) groups is 2. The lowest BCUT2D eigenvalue weighted by Gasteiger charge is -2.45. The Morgan fingerprint density at radius 2 is 2.23 bits per heavy atom. The Morgan fingerprint density at radius 3 is 2.77 bits per heavy atom. The van der Waals surface area contributed by atoms with Crippen LogP contribution in [0.25, 0.3) is 0 Å². The van der Waals surface area contributed by atoms with E-state index in [9.17, 15) is 14.7 Å². The predicted molar refractivity (Wildman–Crippen MR) is 82.7 cm³/mol. The molecule has 1 aromatic heterocycles. The summed E-state index contributed by atoms with van der Waals surface area (Å²) in [7, 11) is 0. The van der Waals surface area contributed by atoms with Crippen LogP contribution in [0.2, 0.25) is 0 Å². The number of β-lactam (4-membered cyclic amide) rings is 1. The zero-order valence-electron chi connectivity index (χ0n) is 12.3. The zero-order valence-corrected chi connectivity index (χ0v) is 13.1. The summed E-state index contributed by atoms with van der Waals surface area (Å²) in [5.74, 6) is -1.02. The molecule has 0 saturated carbocycles. The van der Waals surface area contributed by atoms with Crippen LogP contribution in [0.15, 0.2) is 34.0 Å². The lowest BCUT2D eigenvalue weighted by molar-refractivity contribution is -0.157. The largest absolute Gasteiger partial charge is 0.477 e. The van der Waals surface area contributed by atoms with Gasteiger partial charge in [-0.1, -0.05) is 25.6 Å². The Balaban J connectivity index is 1.88. The Morgan fingerprint density at radius 1 is 1.50 bits per heavy atom. The monoisotopic (exact) mass is 319 g/mol. The number of nitrogen functional groups attached to an aromatic ring is 1. The molecule has 0 aliphatic carbocycles. The second-order valence-electron chi connectivity index (χ2n) is 5.86. The highest BCUT2D eigenvalue weighted by atomic mass is 32.2. The average Bonchev–Trinajstić information content (AvgIpc) is 2.75. The first kappa shape index (κ1) is 14.9. The number of carboxylic acid groups (broad SMARTS) is 1. The van der Waals surface area contributed by atoms with E-state index >= 15 is 0 Å². The first-order chi connectivity index (χ1) is 10.4. The van der Waals surface area contributed by atoms with E-state index in [-0.39, 0.29) is 29.5 Å². The van der Waals surface area contributed by atoms with Crippen molar-refractivity contribution in [3.63, 3.8) is 0 Å². The maximum atomic E-state index is 12.2. The number of amides is 1. The van der Waals surface area contributed by atoms with Crippen molar-refractivity contribution in [3.8, 4) is 0 Å². The number of hydrogen-bond acceptors (Lipinski definition) is 5. The van der Waals surface area contributed by atoms with Gasteiger partial charge in [-0.25, -0.2) is 9.78 Å². The van der Waals surface area contributed by atoms with Crippen molar-refractivity contribution in [2.24, 2.45) is 11.8 Å². The van der Waals surface area contributed by atoms with Gasteiger partial charge >= 0.3 is 5.97 Å². The molecule has 116 valence electrons. The molecule has 0 bridgehead atoms. The number of hydrogen-bond donors (Lipinski definition) is 2. The van der Waals surface area contributed by atoms with Crippen molar-refractivity contribution in [3.05, 3.63) is 28.9 Å². The SMILES string of the molecule is CC(C)C1C(=O)N2C(C(=O)O)=C(Sc3ccc(N)cn3)CC12. The number of anilines is 1. The summed E-state index contributed by atoms with van der Waals surface area (Å²) >= 11 is 1.30. The fourth-order valence-corrected chi connectivity index (χ4v) is 4.13. The fraction of sp³-hybridized carbons (Fsp3) is 0.400. The van der Waals surface area contributed by atoms with E-state index in [0.29, 0.717) is 22.0 Å². The summed E-state index contributed by atoms with van der Waals surface area (Å²) in [6, 6.07) is 3.45. The lowest BCUT2D eigenvalue weighted by atomic mass is 9.79. The smallest absolute Gasteiger partial charge is 0.353 e. The summed E-state index contributed by atoms with van der Waals surface area (Å²) in [4.78, 5) is 30.1. The molecule has 2 unspecified atom stereocenters. The van der Waals surface area contributed by atoms with Gasteiger partial charge in [0, 0.05) is 11.3 Å². The van der Waals surface area contributed by atoms with Gasteiger partial charge in [-0.15, -0.1) is 0 Å². The van der Waals surface area contributed by atoms with Crippen molar-refractivity contribution < 1.29 is 14.7 Å². The van der Waals surface area contributed by atoms with Gasteiger partial charge in [0.1, 0.15) is 10.7 Å². The van der Waals surface area contributed by atoms with E-state index in [2.05, 4.69) is 4.98 Å². The molecular weight excluding hydrogens is 302 g/mol. The number of rotatable bonds is 4. The molecule has 1 amide bonds. The van der Waals surface area contributed by atoms with Gasteiger partial charge in [0.15, 0.2) is 0 Å². The number of carbonyl (C=O) groups excluding carboxylic acids is 1. The molecule has 2 aliphatic heterocycles. The van der Waals surface area contributed by atoms with Crippen LogP contribution in [0.1, 0.15) is 20.3 Å². The summed E-state index contributed by atoms with van der Waals surface area (Å²) in [6.07, 6.45) is 2.11. The third-order valence-electron chi connectivity index (χ3n) is 4.08. The summed E-state index contributed by atoms with van der Waals surface area (Å²) < 4.78 is 0. The maximum absolute atomic E-state index is 12.2. The Kier molecular flexibility index (Phi) is 3.60. The van der Waals surface area contributed by atoms with E-state index in [1.807, 2.05) is 13.8 Å². The van der Waals surface area contributed by atoms with Crippen LogP contribution in [-0.2, 0) is 9.59 Å². The number of nitrogens with two attached hydrogens (primary N) is 1. The fourth-order valence-electron chi connectivity index (χ4n) is 3.10. The van der Waals surface area contributed by atoms with E-state index in [0.717, 1.165) is 0 Å². The van der Waals surface area contributed by atoms with Gasteiger partial charge in [-0.05, 0) is 18.1 Å². The Labute approximate surface area is 132 Å². The molecule has 0 radical (unpaired) electrons. The third kappa shape index (κ3) is 2.25. The van der Waals surface area contributed by atoms with Gasteiger partial charge in [0.2, 0.25) is 5.91 Å². The highest BCUT2D eigenvalue weighted by molar-refractivity contribution is 8.03. The van der Waals surface area contributed by atoms with Crippen LogP contribution in [0.5, 0.6) is 0 Å². The van der Waals surface area contributed by atoms with E-state index in [1.165, 1.54) is 22.9 Å². The van der Waals surface area contributed by atoms with Crippen molar-refractivity contribution in [1.82, 2.24) is 9.88 Å². The zero-order chi connectivity index (χ0) is 16.0. The number of fused-ring (bicyclic) bond motifs is 1. The van der Waals surface area contributed by atoms with Gasteiger partial charge in [-0.3, -0.25) is 4.79 Å². The molecule has 3 N–H and O–H groups in total. The van der Waals surface area contributed by atoms with Gasteiger partial charge in [0.25, 0.3) is 0 Å². The number of carboxylic acids is 1. The minimum atomic E-state index is -1.06. The molecule has 1 aromatic rings. The van der Waals surface area contributed by atoms with Gasteiger partial charge in [-0.2, -0.15) is 0 Å². The van der Waals surface area contributed by atoms with Crippen LogP contribution in [0.3, 0.4) is 0 Å². The Hall–Kier alpha value is -2.02. The summed E-state index contributed by atoms with van der Waals surface area (Å²) in [6.45, 7) is 3.99. The predicted octanol–water partition coefficient (Wildman–Crippen LogP) is 1.94. The van der Waals surface area contributed by atoms with Crippen molar-refractivity contribution in [2.75, 3.05) is 5.73 Å². The van der Waals surface area contributed by atoms with Crippen LogP contribution in [0.4, 0.5) is 5.69 Å². The molecule has 22 heavy (non-hydrogen) atoms. The van der Waals surface area contributed by atoms with Crippen LogP contribution >= 0.6 is 11.8 Å². The second-order valence-corrected chi connectivity index (χ2v) is 6.97. The molecular formula is C15H17N3O3S. The highest BCUT2D eigenvalue weighted by Crippen LogP contribution is 2.49. The molecule has 3 rings (SSSR count). The topological polar surface area (TPSA) is 96.5 Å². The number of aliphatic carboxylic acids is 1. The second kappa shape index (κ2) is 5.31. The van der Waals surface area contributed by atoms with Crippen molar-refractivity contribution >= 4 is 29.3 Å². The van der Waals surface area contributed by atoms with E-state index in [1.54, 1.807) is 12.1 Å². The molecule has 2 atom stereocenters. The molecule has 2 aliphatic rings. The number of pyridine rings is 1. The van der Waals surface area contributed by atoms with Crippen LogP contribution < -0.4 is 5.73 Å². The lowest BCUT2D eigenvalue weighted by Crippen LogP contribution is -2.60. The van der Waals surface area contributed by atoms with Gasteiger partial charge < -0.3 is 15.7 Å². The standard InChI is InChI=1S/C15H17N3O3S/c1-7(2)12-9-5-10(13(15(20)21)18(9)14(12)19)22-11-4-3-8(16)6-17-11/h3-4,6-7,9,12H,5,16H2,1-2H3,(H,20,21). The normalized spacial score (nSPS) is 23.8. The number of nitrogens with zero attached hydrogens (tertiary/aromatic N) is 2. The molecule has 7 heteroatoms. The molecule has 1 fully saturated rings. The van der Waals surface area contributed by atoms with Crippen LogP contribution in [-0.4, -0.2) is 32.9 Å². The van der Waals surface area contributed by atoms with Crippen LogP contribution in [0, 0.1) is 11.8 Å². The molecule has 3 heterocycles. The minimum absolute atomic E-state index is 0.0325. The Bertz CT molecular complexity index is 669. The summed E-state index contributed by atoms with van der Waals surface area (Å²) in [5.41, 5.74) is 6.27. The first-order valence-corrected chi connectivity index (χ1v) is 7.90. The highest BCUT2D eigenvalue weighted by Gasteiger charge is 2.56. The number of aromatic nitrogens is 1.